The number of aryl methyl sites for hydroxylation is 1. The number of carbonyl (C=O) groups is 6. The van der Waals surface area contributed by atoms with E-state index in [0.717, 1.165) is 11.0 Å². The van der Waals surface area contributed by atoms with Crippen molar-refractivity contribution in [1.82, 2.24) is 20.1 Å². The Hall–Kier alpha value is -6.69. The third-order valence-electron chi connectivity index (χ3n) is 13.5. The molecular formula is C54H62F4N6O12. The molecule has 2 saturated heterocycles. The van der Waals surface area contributed by atoms with Crippen molar-refractivity contribution < 1.29 is 70.0 Å². The van der Waals surface area contributed by atoms with Gasteiger partial charge in [-0.1, -0.05) is 30.3 Å². The van der Waals surface area contributed by atoms with Crippen LogP contribution in [0.3, 0.4) is 0 Å². The maximum absolute atomic E-state index is 15.8. The number of likely N-dealkylation sites (N-methyl/N-ethyl adjacent to an activating group) is 1. The first-order valence-electron chi connectivity index (χ1n) is 25.2. The van der Waals surface area contributed by atoms with Crippen LogP contribution in [-0.4, -0.2) is 154 Å². The lowest BCUT2D eigenvalue weighted by atomic mass is 9.98. The molecule has 1 aromatic heterocycles. The lowest BCUT2D eigenvalue weighted by Crippen LogP contribution is -2.55. The van der Waals surface area contributed by atoms with Gasteiger partial charge in [0.05, 0.1) is 86.5 Å². The fraction of sp³-hybridized carbons (Fsp3) is 0.463. The number of anilines is 2. The molecular weight excluding hydrogens is 1000 g/mol. The van der Waals surface area contributed by atoms with E-state index in [9.17, 15) is 46.7 Å². The van der Waals surface area contributed by atoms with Gasteiger partial charge in [0.25, 0.3) is 17.7 Å². The maximum atomic E-state index is 15.8. The van der Waals surface area contributed by atoms with Crippen molar-refractivity contribution in [3.05, 3.63) is 116 Å². The van der Waals surface area contributed by atoms with Crippen molar-refractivity contribution in [3.63, 3.8) is 0 Å². The second-order valence-corrected chi connectivity index (χ2v) is 18.8. The molecule has 5 amide bonds. The topological polar surface area (TPSA) is 215 Å². The highest BCUT2D eigenvalue weighted by Gasteiger charge is 2.45. The Bertz CT molecular complexity index is 2810. The predicted molar refractivity (Wildman–Crippen MR) is 270 cm³/mol. The van der Waals surface area contributed by atoms with E-state index in [2.05, 4.69) is 20.5 Å². The first kappa shape index (κ1) is 57.0. The molecule has 76 heavy (non-hydrogen) atoms. The van der Waals surface area contributed by atoms with E-state index in [1.54, 1.807) is 30.3 Å². The quantitative estimate of drug-likeness (QED) is 0.0282. The summed E-state index contributed by atoms with van der Waals surface area (Å²) < 4.78 is 85.4. The summed E-state index contributed by atoms with van der Waals surface area (Å²) in [5.41, 5.74) is -0.768. The van der Waals surface area contributed by atoms with Crippen LogP contribution in [0.2, 0.25) is 0 Å². The van der Waals surface area contributed by atoms with E-state index in [4.69, 9.17) is 23.7 Å². The number of imide groups is 2. The highest BCUT2D eigenvalue weighted by Crippen LogP contribution is 2.37. The van der Waals surface area contributed by atoms with Crippen LogP contribution in [0.25, 0.3) is 11.1 Å². The van der Waals surface area contributed by atoms with E-state index in [1.807, 2.05) is 25.8 Å². The number of nitrogens with zero attached hydrogens (tertiary/aromatic N) is 3. The van der Waals surface area contributed by atoms with Gasteiger partial charge in [-0.3, -0.25) is 48.7 Å². The molecule has 3 aliphatic heterocycles. The number of halogens is 4. The minimum Gasteiger partial charge on any atom is -0.379 e. The van der Waals surface area contributed by atoms with E-state index >= 15 is 4.39 Å². The molecule has 3 N–H and O–H groups in total. The van der Waals surface area contributed by atoms with Crippen LogP contribution >= 0.6 is 0 Å². The number of Topliss-reactive ketones (excluding diaryl/α,β-unsaturated/α-hetero) is 1. The first-order valence-corrected chi connectivity index (χ1v) is 25.2. The van der Waals surface area contributed by atoms with E-state index in [-0.39, 0.29) is 78.3 Å². The number of H-pyrrole nitrogens is 1. The number of aromatic nitrogens is 1. The molecule has 18 nitrogen and oxygen atoms in total. The Morgan fingerprint density at radius 2 is 1.38 bits per heavy atom. The SMILES string of the molecule is C[C@@H]1CN(c2ccc(-c3ccc(C(=O)CCCOCCOCCOCCOCCOCCCc4cccc5c4C(=O)N(C4CCC(=O)NC4=O)C5=O)cc3F)cc2NC(=O)c2c[nH]c(=O)cc2C(F)(F)F)C[C@H](C)N1C. The summed E-state index contributed by atoms with van der Waals surface area (Å²) in [4.78, 5) is 95.8. The molecule has 408 valence electrons. The molecule has 0 aliphatic carbocycles. The summed E-state index contributed by atoms with van der Waals surface area (Å²) in [5.74, 6) is -4.28. The third kappa shape index (κ3) is 14.4. The van der Waals surface area contributed by atoms with Gasteiger partial charge >= 0.3 is 6.18 Å². The van der Waals surface area contributed by atoms with Crippen LogP contribution in [0.4, 0.5) is 28.9 Å². The zero-order valence-corrected chi connectivity index (χ0v) is 42.6. The Labute approximate surface area is 436 Å². The normalized spacial score (nSPS) is 18.1. The number of pyridine rings is 1. The molecule has 3 aromatic carbocycles. The molecule has 1 unspecified atom stereocenters. The number of ether oxygens (including phenoxy) is 5. The molecule has 4 aromatic rings. The number of benzene rings is 3. The van der Waals surface area contributed by atoms with Gasteiger partial charge < -0.3 is 38.9 Å². The summed E-state index contributed by atoms with van der Waals surface area (Å²) in [5, 5.41) is 4.79. The number of piperazine rings is 1. The summed E-state index contributed by atoms with van der Waals surface area (Å²) in [6, 6.07) is 13.4. The largest absolute Gasteiger partial charge is 0.417 e. The highest BCUT2D eigenvalue weighted by molar-refractivity contribution is 6.24. The predicted octanol–water partition coefficient (Wildman–Crippen LogP) is 6.06. The number of nitrogens with one attached hydrogen (secondary N) is 3. The van der Waals surface area contributed by atoms with E-state index in [1.165, 1.54) is 18.2 Å². The van der Waals surface area contributed by atoms with Gasteiger partial charge in [-0.15, -0.1) is 0 Å². The molecule has 0 bridgehead atoms. The van der Waals surface area contributed by atoms with Crippen molar-refractivity contribution in [1.29, 1.82) is 0 Å². The van der Waals surface area contributed by atoms with Gasteiger partial charge in [0.15, 0.2) is 5.78 Å². The third-order valence-corrected chi connectivity index (χ3v) is 13.5. The molecule has 0 spiro atoms. The molecule has 3 aliphatic rings. The fourth-order valence-corrected chi connectivity index (χ4v) is 9.31. The first-order chi connectivity index (χ1) is 36.4. The average Bonchev–Trinajstić information content (AvgIpc) is 3.64. The molecule has 22 heteroatoms. The van der Waals surface area contributed by atoms with Gasteiger partial charge in [-0.2, -0.15) is 13.2 Å². The second-order valence-electron chi connectivity index (χ2n) is 18.8. The summed E-state index contributed by atoms with van der Waals surface area (Å²) in [6.07, 6.45) is -2.58. The van der Waals surface area contributed by atoms with Crippen molar-refractivity contribution in [2.24, 2.45) is 0 Å². The molecule has 4 heterocycles. The van der Waals surface area contributed by atoms with Crippen LogP contribution in [0.15, 0.2) is 71.7 Å². The molecule has 2 fully saturated rings. The minimum atomic E-state index is -4.98. The van der Waals surface area contributed by atoms with Crippen molar-refractivity contribution >= 4 is 46.7 Å². The average molecular weight is 1060 g/mol. The molecule has 3 atom stereocenters. The Kier molecular flexibility index (Phi) is 19.8. The van der Waals surface area contributed by atoms with Gasteiger partial charge in [-0.05, 0) is 82.0 Å². The number of hydrogen-bond donors (Lipinski definition) is 3. The van der Waals surface area contributed by atoms with Crippen molar-refractivity contribution in [3.8, 4) is 11.1 Å². The number of alkyl halides is 3. The van der Waals surface area contributed by atoms with Crippen molar-refractivity contribution in [2.45, 2.75) is 76.7 Å². The number of fused-ring (bicyclic) bond motifs is 1. The zero-order valence-electron chi connectivity index (χ0n) is 42.6. The lowest BCUT2D eigenvalue weighted by molar-refractivity contribution is -0.138. The van der Waals surface area contributed by atoms with E-state index < -0.39 is 64.3 Å². The van der Waals surface area contributed by atoms with Crippen LogP contribution in [0.5, 0.6) is 0 Å². The number of hydrogen-bond acceptors (Lipinski definition) is 14. The second kappa shape index (κ2) is 26.4. The van der Waals surface area contributed by atoms with Crippen LogP contribution in [-0.2, 0) is 45.9 Å². The number of amides is 5. The van der Waals surface area contributed by atoms with Crippen LogP contribution < -0.4 is 21.1 Å². The number of rotatable bonds is 26. The molecule has 0 saturated carbocycles. The van der Waals surface area contributed by atoms with Crippen LogP contribution in [0.1, 0.15) is 98.5 Å². The smallest absolute Gasteiger partial charge is 0.379 e. The number of ketones is 1. The van der Waals surface area contributed by atoms with Gasteiger partial charge in [0.2, 0.25) is 17.4 Å². The number of piperidine rings is 1. The molecule has 7 rings (SSSR count). The Balaban J connectivity index is 0.752. The Morgan fingerprint density at radius 3 is 2.00 bits per heavy atom. The van der Waals surface area contributed by atoms with Gasteiger partial charge in [-0.25, -0.2) is 4.39 Å². The monoisotopic (exact) mass is 1060 g/mol. The van der Waals surface area contributed by atoms with Gasteiger partial charge in [0.1, 0.15) is 11.9 Å². The highest BCUT2D eigenvalue weighted by atomic mass is 19.4. The fourth-order valence-electron chi connectivity index (χ4n) is 9.31. The van der Waals surface area contributed by atoms with Crippen molar-refractivity contribution in [2.75, 3.05) is 96.4 Å². The zero-order chi connectivity index (χ0) is 54.5. The standard InChI is InChI=1S/C54H62F4N6O12/c1-33-31-63(32-34(2)62(33)3)44-14-12-36(28-43(44)60-50(68)40-30-59-48(67)29-41(40)54(56,57)58)38-13-11-37(27-42(38)55)46(65)10-6-18-73-20-22-75-24-26-76-25-23-74-21-19-72-17-5-8-35-7-4-9-39-49(35)53(71)64(52(39)70)45-15-16-47(66)61-51(45)69/h4,7,9,11-14,27-30,33-34,45H,5-6,8,10,15-26,31-32H2,1-3H3,(H,59,67)(H,60,68)(H,61,66,69)/t33-,34+,45?. The summed E-state index contributed by atoms with van der Waals surface area (Å²) in [7, 11) is 1.99. The summed E-state index contributed by atoms with van der Waals surface area (Å²) >= 11 is 0. The van der Waals surface area contributed by atoms with E-state index in [0.29, 0.717) is 114 Å². The van der Waals surface area contributed by atoms with Crippen LogP contribution in [0, 0.1) is 5.82 Å². The minimum absolute atomic E-state index is 0.0516. The lowest BCUT2D eigenvalue weighted by Gasteiger charge is -2.44. The van der Waals surface area contributed by atoms with Gasteiger partial charge in [0, 0.05) is 74.6 Å². The Morgan fingerprint density at radius 1 is 0.750 bits per heavy atom. The number of carbonyl (C=O) groups excluding carboxylic acids is 6. The number of aromatic amines is 1. The summed E-state index contributed by atoms with van der Waals surface area (Å²) in [6.45, 7) is 8.48. The molecule has 0 radical (unpaired) electrons. The maximum Gasteiger partial charge on any atom is 0.417 e.